The maximum atomic E-state index is 12.0. The van der Waals surface area contributed by atoms with Crippen LogP contribution >= 0.6 is 23.2 Å². The molecule has 114 valence electrons. The van der Waals surface area contributed by atoms with Gasteiger partial charge in [0.1, 0.15) is 0 Å². The number of amides is 1. The van der Waals surface area contributed by atoms with Crippen molar-refractivity contribution in [1.29, 1.82) is 0 Å². The third-order valence-corrected chi connectivity index (χ3v) is 3.99. The first-order valence-corrected chi connectivity index (χ1v) is 7.50. The van der Waals surface area contributed by atoms with Gasteiger partial charge >= 0.3 is 0 Å². The zero-order chi connectivity index (χ0) is 16.3. The molecule has 0 fully saturated rings. The summed E-state index contributed by atoms with van der Waals surface area (Å²) in [5, 5.41) is 4.77. The van der Waals surface area contributed by atoms with E-state index in [2.05, 4.69) is 23.5 Å². The number of aryl methyl sites for hydroxylation is 3. The van der Waals surface area contributed by atoms with Crippen LogP contribution in [0, 0.1) is 20.8 Å². The quantitative estimate of drug-likeness (QED) is 0.642. The summed E-state index contributed by atoms with van der Waals surface area (Å²) in [5.74, 6) is -0.398. The number of rotatable bonds is 3. The molecule has 2 rings (SSSR count). The van der Waals surface area contributed by atoms with Crippen LogP contribution in [0.25, 0.3) is 0 Å². The Hall–Kier alpha value is -1.84. The number of carbonyl (C=O) groups is 1. The lowest BCUT2D eigenvalue weighted by Crippen LogP contribution is -2.18. The van der Waals surface area contributed by atoms with Crippen LogP contribution in [0.5, 0.6) is 0 Å². The lowest BCUT2D eigenvalue weighted by atomic mass is 10.0. The summed E-state index contributed by atoms with van der Waals surface area (Å²) in [6, 6.07) is 8.84. The number of hydrazone groups is 1. The molecule has 0 saturated heterocycles. The molecule has 0 saturated carbocycles. The lowest BCUT2D eigenvalue weighted by molar-refractivity contribution is 0.0955. The molecule has 2 aromatic carbocycles. The van der Waals surface area contributed by atoms with Crippen molar-refractivity contribution < 1.29 is 4.79 Å². The molecule has 0 heterocycles. The molecule has 0 atom stereocenters. The fraction of sp³-hybridized carbons (Fsp3) is 0.176. The third-order valence-electron chi connectivity index (χ3n) is 3.43. The van der Waals surface area contributed by atoms with Crippen LogP contribution in [0.3, 0.4) is 0 Å². The third kappa shape index (κ3) is 3.87. The van der Waals surface area contributed by atoms with Gasteiger partial charge in [-0.2, -0.15) is 5.10 Å². The molecule has 2 aromatic rings. The zero-order valence-corrected chi connectivity index (χ0v) is 14.1. The largest absolute Gasteiger partial charge is 0.272 e. The van der Waals surface area contributed by atoms with Gasteiger partial charge in [0.15, 0.2) is 0 Å². The maximum Gasteiger partial charge on any atom is 0.272 e. The van der Waals surface area contributed by atoms with Gasteiger partial charge in [0, 0.05) is 5.02 Å². The van der Waals surface area contributed by atoms with E-state index in [0.717, 1.165) is 11.1 Å². The number of benzene rings is 2. The maximum absolute atomic E-state index is 12.0. The Morgan fingerprint density at radius 3 is 2.45 bits per heavy atom. The van der Waals surface area contributed by atoms with Crippen molar-refractivity contribution in [2.24, 2.45) is 5.10 Å². The fourth-order valence-corrected chi connectivity index (χ4v) is 2.39. The van der Waals surface area contributed by atoms with Crippen molar-refractivity contribution in [1.82, 2.24) is 5.43 Å². The Labute approximate surface area is 139 Å². The summed E-state index contributed by atoms with van der Waals surface area (Å²) in [7, 11) is 0. The second-order valence-electron chi connectivity index (χ2n) is 5.12. The Balaban J connectivity index is 2.14. The molecule has 0 aliphatic heterocycles. The van der Waals surface area contributed by atoms with Crippen molar-refractivity contribution >= 4 is 35.3 Å². The first-order valence-electron chi connectivity index (χ1n) is 6.75. The molecule has 0 radical (unpaired) electrons. The van der Waals surface area contributed by atoms with Crippen LogP contribution in [-0.2, 0) is 0 Å². The Bertz CT molecular complexity index is 755. The molecule has 5 heteroatoms. The molecule has 1 N–H and O–H groups in total. The molecule has 1 amide bonds. The minimum Gasteiger partial charge on any atom is -0.267 e. The van der Waals surface area contributed by atoms with Crippen LogP contribution in [0.2, 0.25) is 10.0 Å². The molecule has 0 unspecified atom stereocenters. The average Bonchev–Trinajstić information content (AvgIpc) is 2.46. The van der Waals surface area contributed by atoms with Gasteiger partial charge in [0.25, 0.3) is 5.91 Å². The van der Waals surface area contributed by atoms with E-state index in [-0.39, 0.29) is 0 Å². The summed E-state index contributed by atoms with van der Waals surface area (Å²) < 4.78 is 0. The molecule has 0 spiro atoms. The monoisotopic (exact) mass is 334 g/mol. The van der Waals surface area contributed by atoms with Crippen molar-refractivity contribution in [2.75, 3.05) is 0 Å². The minimum absolute atomic E-state index is 0.295. The standard InChI is InChI=1S/C17H16Cl2N2O/c1-10-6-12(3)13(7-11(10)2)9-20-21-17(22)15-8-14(18)4-5-16(15)19/h4-9H,1-3H3,(H,21,22)/b20-9-. The average molecular weight is 335 g/mol. The second kappa shape index (κ2) is 6.95. The Morgan fingerprint density at radius 2 is 1.73 bits per heavy atom. The SMILES string of the molecule is Cc1cc(C)c(/C=N\NC(=O)c2cc(Cl)ccc2Cl)cc1C. The summed E-state index contributed by atoms with van der Waals surface area (Å²) in [4.78, 5) is 12.0. The van der Waals surface area contributed by atoms with E-state index in [1.54, 1.807) is 18.3 Å². The highest BCUT2D eigenvalue weighted by atomic mass is 35.5. The van der Waals surface area contributed by atoms with E-state index >= 15 is 0 Å². The smallest absolute Gasteiger partial charge is 0.267 e. The van der Waals surface area contributed by atoms with Gasteiger partial charge in [-0.3, -0.25) is 4.79 Å². The van der Waals surface area contributed by atoms with Crippen molar-refractivity contribution in [2.45, 2.75) is 20.8 Å². The first kappa shape index (κ1) is 16.5. The number of nitrogens with zero attached hydrogens (tertiary/aromatic N) is 1. The lowest BCUT2D eigenvalue weighted by Gasteiger charge is -2.06. The number of nitrogens with one attached hydrogen (secondary N) is 1. The van der Waals surface area contributed by atoms with Gasteiger partial charge < -0.3 is 0 Å². The number of hydrogen-bond acceptors (Lipinski definition) is 2. The van der Waals surface area contributed by atoms with Gasteiger partial charge in [-0.15, -0.1) is 0 Å². The Morgan fingerprint density at radius 1 is 1.05 bits per heavy atom. The predicted octanol–water partition coefficient (Wildman–Crippen LogP) is 4.68. The van der Waals surface area contributed by atoms with E-state index in [9.17, 15) is 4.79 Å². The van der Waals surface area contributed by atoms with E-state index < -0.39 is 5.91 Å². The van der Waals surface area contributed by atoms with Gasteiger partial charge in [-0.05, 0) is 67.3 Å². The van der Waals surface area contributed by atoms with Crippen LogP contribution in [0.4, 0.5) is 0 Å². The van der Waals surface area contributed by atoms with Gasteiger partial charge in [-0.1, -0.05) is 29.3 Å². The topological polar surface area (TPSA) is 41.5 Å². The van der Waals surface area contributed by atoms with E-state index in [0.29, 0.717) is 15.6 Å². The van der Waals surface area contributed by atoms with Crippen LogP contribution in [-0.4, -0.2) is 12.1 Å². The van der Waals surface area contributed by atoms with Crippen LogP contribution < -0.4 is 5.43 Å². The van der Waals surface area contributed by atoms with E-state index in [1.165, 1.54) is 17.2 Å². The second-order valence-corrected chi connectivity index (χ2v) is 5.96. The predicted molar refractivity (Wildman–Crippen MR) is 92.2 cm³/mol. The highest BCUT2D eigenvalue weighted by Crippen LogP contribution is 2.20. The number of halogens is 2. The van der Waals surface area contributed by atoms with E-state index in [4.69, 9.17) is 23.2 Å². The fourth-order valence-electron chi connectivity index (χ4n) is 2.01. The van der Waals surface area contributed by atoms with Gasteiger partial charge in [0.2, 0.25) is 0 Å². The highest BCUT2D eigenvalue weighted by molar-refractivity contribution is 6.35. The molecule has 0 aliphatic carbocycles. The number of carbonyl (C=O) groups excluding carboxylic acids is 1. The molecule has 3 nitrogen and oxygen atoms in total. The molecule has 0 aromatic heterocycles. The minimum atomic E-state index is -0.398. The van der Waals surface area contributed by atoms with E-state index in [1.807, 2.05) is 19.9 Å². The summed E-state index contributed by atoms with van der Waals surface area (Å²) in [5.41, 5.74) is 7.22. The Kier molecular flexibility index (Phi) is 5.22. The van der Waals surface area contributed by atoms with Crippen molar-refractivity contribution in [3.8, 4) is 0 Å². The molecule has 0 aliphatic rings. The number of hydrogen-bond donors (Lipinski definition) is 1. The normalized spacial score (nSPS) is 11.0. The van der Waals surface area contributed by atoms with Crippen LogP contribution in [0.15, 0.2) is 35.4 Å². The van der Waals surface area contributed by atoms with Crippen molar-refractivity contribution in [3.63, 3.8) is 0 Å². The molecule has 22 heavy (non-hydrogen) atoms. The summed E-state index contributed by atoms with van der Waals surface area (Å²) in [6.45, 7) is 6.10. The van der Waals surface area contributed by atoms with Crippen LogP contribution in [0.1, 0.15) is 32.6 Å². The summed E-state index contributed by atoms with van der Waals surface area (Å²) in [6.07, 6.45) is 1.62. The highest BCUT2D eigenvalue weighted by Gasteiger charge is 2.10. The van der Waals surface area contributed by atoms with Gasteiger partial charge in [0.05, 0.1) is 16.8 Å². The molecule has 0 bridgehead atoms. The summed E-state index contributed by atoms with van der Waals surface area (Å²) >= 11 is 11.8. The first-order chi connectivity index (χ1) is 10.4. The molecular formula is C17H16Cl2N2O. The van der Waals surface area contributed by atoms with Gasteiger partial charge in [-0.25, -0.2) is 5.43 Å². The molecular weight excluding hydrogens is 319 g/mol. The zero-order valence-electron chi connectivity index (χ0n) is 12.6. The van der Waals surface area contributed by atoms with Crippen molar-refractivity contribution in [3.05, 3.63) is 68.2 Å².